The van der Waals surface area contributed by atoms with Crippen molar-refractivity contribution in [3.8, 4) is 0 Å². The summed E-state index contributed by atoms with van der Waals surface area (Å²) >= 11 is 9.52. The van der Waals surface area contributed by atoms with Crippen molar-refractivity contribution in [1.29, 1.82) is 0 Å². The molecule has 0 spiro atoms. The Hall–Kier alpha value is -0.830. The van der Waals surface area contributed by atoms with E-state index in [2.05, 4.69) is 54.0 Å². The number of halogens is 2. The van der Waals surface area contributed by atoms with Crippen molar-refractivity contribution in [2.45, 2.75) is 32.2 Å². The van der Waals surface area contributed by atoms with Crippen molar-refractivity contribution in [2.24, 2.45) is 5.73 Å². The number of benzene rings is 2. The highest BCUT2D eigenvalue weighted by Gasteiger charge is 2.11. The van der Waals surface area contributed by atoms with Crippen LogP contribution >= 0.6 is 27.5 Å². The van der Waals surface area contributed by atoms with Gasteiger partial charge in [-0.3, -0.25) is 0 Å². The monoisotopic (exact) mass is 351 g/mol. The molecule has 106 valence electrons. The molecule has 0 heterocycles. The molecule has 0 saturated carbocycles. The molecule has 2 unspecified atom stereocenters. The van der Waals surface area contributed by atoms with Crippen molar-refractivity contribution in [2.75, 3.05) is 0 Å². The lowest BCUT2D eigenvalue weighted by atomic mass is 9.94. The van der Waals surface area contributed by atoms with Gasteiger partial charge in [-0.1, -0.05) is 55.8 Å². The number of nitrogens with two attached hydrogens (primary N) is 1. The molecular weight excluding hydrogens is 334 g/mol. The van der Waals surface area contributed by atoms with Crippen molar-refractivity contribution in [3.63, 3.8) is 0 Å². The Labute approximate surface area is 134 Å². The second kappa shape index (κ2) is 6.75. The summed E-state index contributed by atoms with van der Waals surface area (Å²) in [6, 6.07) is 14.3. The van der Waals surface area contributed by atoms with Gasteiger partial charge >= 0.3 is 0 Å². The molecular formula is C17H19BrClN. The first-order chi connectivity index (χ1) is 9.52. The van der Waals surface area contributed by atoms with E-state index in [0.717, 1.165) is 22.0 Å². The van der Waals surface area contributed by atoms with Gasteiger partial charge in [0, 0.05) is 4.47 Å². The highest BCUT2D eigenvalue weighted by Crippen LogP contribution is 2.28. The lowest BCUT2D eigenvalue weighted by Crippen LogP contribution is -2.11. The summed E-state index contributed by atoms with van der Waals surface area (Å²) < 4.78 is 0.891. The summed E-state index contributed by atoms with van der Waals surface area (Å²) in [5, 5.41) is 0.689. The van der Waals surface area contributed by atoms with Crippen LogP contribution in [0.3, 0.4) is 0 Å². The fourth-order valence-corrected chi connectivity index (χ4v) is 2.60. The zero-order valence-corrected chi connectivity index (χ0v) is 14.1. The molecule has 3 heteroatoms. The second-order valence-corrected chi connectivity index (χ2v) is 6.39. The van der Waals surface area contributed by atoms with Gasteiger partial charge in [-0.15, -0.1) is 0 Å². The summed E-state index contributed by atoms with van der Waals surface area (Å²) in [5.41, 5.74) is 9.81. The average Bonchev–Trinajstić information content (AvgIpc) is 2.48. The maximum Gasteiger partial charge on any atom is 0.0552 e. The van der Waals surface area contributed by atoms with Crippen LogP contribution in [-0.4, -0.2) is 0 Å². The number of hydrogen-bond acceptors (Lipinski definition) is 1. The molecule has 0 saturated heterocycles. The molecule has 2 aromatic rings. The minimum absolute atomic E-state index is 0.147. The van der Waals surface area contributed by atoms with Gasteiger partial charge in [-0.2, -0.15) is 0 Å². The molecule has 0 aromatic heterocycles. The van der Waals surface area contributed by atoms with Crippen LogP contribution in [0.15, 0.2) is 46.9 Å². The van der Waals surface area contributed by atoms with Crippen LogP contribution in [0.1, 0.15) is 48.9 Å². The summed E-state index contributed by atoms with van der Waals surface area (Å²) in [7, 11) is 0. The average molecular weight is 353 g/mol. The summed E-state index contributed by atoms with van der Waals surface area (Å²) in [6.07, 6.45) is 1.15. The first kappa shape index (κ1) is 15.6. The van der Waals surface area contributed by atoms with Gasteiger partial charge in [-0.25, -0.2) is 0 Å². The largest absolute Gasteiger partial charge is 0.320 e. The fourth-order valence-electron chi connectivity index (χ4n) is 2.17. The molecule has 0 aliphatic carbocycles. The normalized spacial score (nSPS) is 14.1. The van der Waals surface area contributed by atoms with Crippen molar-refractivity contribution >= 4 is 27.5 Å². The van der Waals surface area contributed by atoms with Crippen LogP contribution in [0.2, 0.25) is 5.02 Å². The first-order valence-corrected chi connectivity index (χ1v) is 8.00. The van der Waals surface area contributed by atoms with Crippen molar-refractivity contribution in [1.82, 2.24) is 0 Å². The van der Waals surface area contributed by atoms with Gasteiger partial charge in [0.25, 0.3) is 0 Å². The predicted octanol–water partition coefficient (Wildman–Crippen LogP) is 5.66. The summed E-state index contributed by atoms with van der Waals surface area (Å²) in [5.74, 6) is 0.586. The third kappa shape index (κ3) is 3.43. The van der Waals surface area contributed by atoms with Gasteiger partial charge in [-0.05, 0) is 57.1 Å². The van der Waals surface area contributed by atoms with Gasteiger partial charge in [0.1, 0.15) is 0 Å². The Morgan fingerprint density at radius 2 is 1.60 bits per heavy atom. The molecule has 0 amide bonds. The van der Waals surface area contributed by atoms with E-state index in [1.165, 1.54) is 5.56 Å². The Kier molecular flexibility index (Phi) is 5.25. The first-order valence-electron chi connectivity index (χ1n) is 6.83. The quantitative estimate of drug-likeness (QED) is 0.754. The molecule has 0 fully saturated rings. The van der Waals surface area contributed by atoms with Crippen LogP contribution in [0.5, 0.6) is 0 Å². The second-order valence-electron chi connectivity index (χ2n) is 5.13. The molecule has 1 nitrogen and oxygen atoms in total. The lowest BCUT2D eigenvalue weighted by molar-refractivity contribution is 0.732. The topological polar surface area (TPSA) is 26.0 Å². The summed E-state index contributed by atoms with van der Waals surface area (Å²) in [4.78, 5) is 0. The standard InChI is InChI=1S/C17H19BrClN/c1-3-11(2)12-4-6-13(7-5-12)17(20)14-8-9-15(18)16(19)10-14/h4-11,17H,3,20H2,1-2H3. The molecule has 0 aliphatic rings. The van der Waals surface area contributed by atoms with Crippen LogP contribution < -0.4 is 5.73 Å². The lowest BCUT2D eigenvalue weighted by Gasteiger charge is -2.15. The molecule has 20 heavy (non-hydrogen) atoms. The summed E-state index contributed by atoms with van der Waals surface area (Å²) in [6.45, 7) is 4.44. The van der Waals surface area contributed by atoms with E-state index in [1.807, 2.05) is 18.2 Å². The van der Waals surface area contributed by atoms with E-state index in [4.69, 9.17) is 17.3 Å². The molecule has 2 N–H and O–H groups in total. The van der Waals surface area contributed by atoms with E-state index in [0.29, 0.717) is 10.9 Å². The van der Waals surface area contributed by atoms with Gasteiger partial charge < -0.3 is 5.73 Å². The molecule has 0 aliphatic heterocycles. The SMILES string of the molecule is CCC(C)c1ccc(C(N)c2ccc(Br)c(Cl)c2)cc1. The van der Waals surface area contributed by atoms with Crippen LogP contribution in [0.25, 0.3) is 0 Å². The van der Waals surface area contributed by atoms with Crippen molar-refractivity contribution < 1.29 is 0 Å². The number of rotatable bonds is 4. The Morgan fingerprint density at radius 1 is 1.05 bits per heavy atom. The maximum absolute atomic E-state index is 6.32. The molecule has 0 radical (unpaired) electrons. The highest BCUT2D eigenvalue weighted by atomic mass is 79.9. The van der Waals surface area contributed by atoms with E-state index in [-0.39, 0.29) is 6.04 Å². The van der Waals surface area contributed by atoms with Crippen LogP contribution in [-0.2, 0) is 0 Å². The third-order valence-corrected chi connectivity index (χ3v) is 5.01. The molecule has 2 aromatic carbocycles. The minimum atomic E-state index is -0.147. The van der Waals surface area contributed by atoms with Crippen molar-refractivity contribution in [3.05, 3.63) is 68.7 Å². The third-order valence-electron chi connectivity index (χ3n) is 3.78. The zero-order chi connectivity index (χ0) is 14.7. The minimum Gasteiger partial charge on any atom is -0.320 e. The Balaban J connectivity index is 2.24. The predicted molar refractivity (Wildman–Crippen MR) is 90.3 cm³/mol. The van der Waals surface area contributed by atoms with Crippen LogP contribution in [0.4, 0.5) is 0 Å². The fraction of sp³-hybridized carbons (Fsp3) is 0.294. The smallest absolute Gasteiger partial charge is 0.0552 e. The molecule has 0 bridgehead atoms. The number of hydrogen-bond donors (Lipinski definition) is 1. The maximum atomic E-state index is 6.32. The molecule has 2 rings (SSSR count). The zero-order valence-electron chi connectivity index (χ0n) is 11.7. The highest BCUT2D eigenvalue weighted by molar-refractivity contribution is 9.10. The Morgan fingerprint density at radius 3 is 2.15 bits per heavy atom. The van der Waals surface area contributed by atoms with Gasteiger partial charge in [0.15, 0.2) is 0 Å². The van der Waals surface area contributed by atoms with E-state index >= 15 is 0 Å². The van der Waals surface area contributed by atoms with Gasteiger partial charge in [0.2, 0.25) is 0 Å². The van der Waals surface area contributed by atoms with E-state index in [9.17, 15) is 0 Å². The van der Waals surface area contributed by atoms with E-state index in [1.54, 1.807) is 0 Å². The van der Waals surface area contributed by atoms with Gasteiger partial charge in [0.05, 0.1) is 11.1 Å². The molecule has 2 atom stereocenters. The Bertz CT molecular complexity index is 580. The van der Waals surface area contributed by atoms with E-state index < -0.39 is 0 Å². The van der Waals surface area contributed by atoms with Crippen LogP contribution in [0, 0.1) is 0 Å².